The number of ether oxygens (including phenoxy) is 2. The predicted octanol–water partition coefficient (Wildman–Crippen LogP) is 3.91. The molecular weight excluding hydrogens is 386 g/mol. The van der Waals surface area contributed by atoms with Gasteiger partial charge in [0.1, 0.15) is 22.1 Å². The highest BCUT2D eigenvalue weighted by Gasteiger charge is 2.24. The van der Waals surface area contributed by atoms with Crippen LogP contribution in [0.2, 0.25) is 0 Å². The number of carbonyl (C=O) groups excluding carboxylic acids is 1. The zero-order chi connectivity index (χ0) is 19.3. The molecule has 1 heterocycles. The highest BCUT2D eigenvalue weighted by atomic mass is 32.2. The van der Waals surface area contributed by atoms with E-state index in [-0.39, 0.29) is 9.77 Å². The van der Waals surface area contributed by atoms with Gasteiger partial charge in [-0.3, -0.25) is 4.72 Å². The van der Waals surface area contributed by atoms with E-state index in [9.17, 15) is 13.2 Å². The molecule has 0 spiro atoms. The molecule has 0 aliphatic rings. The first-order valence-electron chi connectivity index (χ1n) is 7.95. The van der Waals surface area contributed by atoms with Gasteiger partial charge in [-0.1, -0.05) is 30.3 Å². The van der Waals surface area contributed by atoms with Gasteiger partial charge in [0, 0.05) is 5.69 Å². The third-order valence-corrected chi connectivity index (χ3v) is 6.09. The monoisotopic (exact) mass is 403 g/mol. The van der Waals surface area contributed by atoms with Crippen LogP contribution in [0.25, 0.3) is 0 Å². The summed E-state index contributed by atoms with van der Waals surface area (Å²) in [6.45, 7) is 0.420. The van der Waals surface area contributed by atoms with Crippen LogP contribution in [-0.2, 0) is 21.4 Å². The number of methoxy groups -OCH3 is 1. The summed E-state index contributed by atoms with van der Waals surface area (Å²) in [7, 11) is -2.70. The van der Waals surface area contributed by atoms with Crippen LogP contribution in [0.4, 0.5) is 5.69 Å². The largest absolute Gasteiger partial charge is 0.489 e. The molecule has 2 aromatic carbocycles. The number of thiophene rings is 1. The molecule has 0 aliphatic heterocycles. The highest BCUT2D eigenvalue weighted by Crippen LogP contribution is 2.26. The Labute approximate surface area is 161 Å². The lowest BCUT2D eigenvalue weighted by molar-refractivity contribution is 0.0602. The van der Waals surface area contributed by atoms with Crippen LogP contribution < -0.4 is 9.46 Å². The Balaban J connectivity index is 1.69. The molecule has 3 aromatic rings. The molecule has 0 radical (unpaired) electrons. The van der Waals surface area contributed by atoms with Crippen molar-refractivity contribution in [2.45, 2.75) is 11.5 Å². The second-order valence-corrected chi connectivity index (χ2v) is 8.08. The Morgan fingerprint density at radius 2 is 1.74 bits per heavy atom. The number of anilines is 1. The second-order valence-electron chi connectivity index (χ2n) is 5.51. The summed E-state index contributed by atoms with van der Waals surface area (Å²) in [5.74, 6) is -0.0670. The van der Waals surface area contributed by atoms with Gasteiger partial charge in [0.2, 0.25) is 0 Å². The average Bonchev–Trinajstić information content (AvgIpc) is 3.18. The van der Waals surface area contributed by atoms with Crippen molar-refractivity contribution < 1.29 is 22.7 Å². The molecule has 6 nitrogen and oxygen atoms in total. The summed E-state index contributed by atoms with van der Waals surface area (Å²) in [6.07, 6.45) is 0. The summed E-state index contributed by atoms with van der Waals surface area (Å²) in [4.78, 5) is 11.6. The summed E-state index contributed by atoms with van der Waals surface area (Å²) in [5, 5.41) is 1.53. The van der Waals surface area contributed by atoms with Gasteiger partial charge in [-0.25, -0.2) is 13.2 Å². The maximum absolute atomic E-state index is 12.6. The van der Waals surface area contributed by atoms with Gasteiger partial charge in [-0.15, -0.1) is 11.3 Å². The summed E-state index contributed by atoms with van der Waals surface area (Å²) in [5.41, 5.74) is 1.40. The van der Waals surface area contributed by atoms with Crippen LogP contribution >= 0.6 is 11.3 Å². The summed E-state index contributed by atoms with van der Waals surface area (Å²) >= 11 is 1.01. The molecule has 0 bridgehead atoms. The molecule has 0 fully saturated rings. The van der Waals surface area contributed by atoms with Crippen molar-refractivity contribution in [3.63, 3.8) is 0 Å². The Morgan fingerprint density at radius 3 is 2.41 bits per heavy atom. The number of carbonyl (C=O) groups is 1. The molecule has 27 heavy (non-hydrogen) atoms. The Bertz CT molecular complexity index is 1010. The lowest BCUT2D eigenvalue weighted by atomic mass is 10.2. The normalized spacial score (nSPS) is 11.0. The lowest BCUT2D eigenvalue weighted by Gasteiger charge is -2.10. The van der Waals surface area contributed by atoms with Crippen LogP contribution in [0.5, 0.6) is 5.75 Å². The molecular formula is C19H17NO5S2. The molecule has 3 rings (SSSR count). The summed E-state index contributed by atoms with van der Waals surface area (Å²) < 4.78 is 37.9. The van der Waals surface area contributed by atoms with Gasteiger partial charge in [0.25, 0.3) is 10.0 Å². The third kappa shape index (κ3) is 4.66. The molecule has 0 saturated heterocycles. The van der Waals surface area contributed by atoms with Crippen LogP contribution in [-0.4, -0.2) is 21.5 Å². The number of sulfonamides is 1. The number of benzene rings is 2. The number of hydrogen-bond acceptors (Lipinski definition) is 6. The van der Waals surface area contributed by atoms with Gasteiger partial charge in [0.05, 0.1) is 7.11 Å². The van der Waals surface area contributed by atoms with E-state index in [1.165, 1.54) is 18.6 Å². The predicted molar refractivity (Wildman–Crippen MR) is 104 cm³/mol. The van der Waals surface area contributed by atoms with Crippen molar-refractivity contribution in [1.82, 2.24) is 0 Å². The first-order chi connectivity index (χ1) is 13.0. The minimum atomic E-state index is -3.91. The van der Waals surface area contributed by atoms with E-state index >= 15 is 0 Å². The van der Waals surface area contributed by atoms with Crippen LogP contribution in [0.3, 0.4) is 0 Å². The molecule has 8 heteroatoms. The fourth-order valence-corrected chi connectivity index (χ4v) is 4.72. The molecule has 140 valence electrons. The number of nitrogens with one attached hydrogen (secondary N) is 1. The lowest BCUT2D eigenvalue weighted by Crippen LogP contribution is -2.15. The number of esters is 1. The van der Waals surface area contributed by atoms with Crippen LogP contribution in [0.1, 0.15) is 15.2 Å². The fourth-order valence-electron chi connectivity index (χ4n) is 2.32. The second kappa shape index (κ2) is 8.24. The van der Waals surface area contributed by atoms with E-state index in [1.807, 2.05) is 30.3 Å². The Morgan fingerprint density at radius 1 is 1.04 bits per heavy atom. The smallest absolute Gasteiger partial charge is 0.349 e. The SMILES string of the molecule is COC(=O)c1sccc1S(=O)(=O)Nc1ccc(OCc2ccccc2)cc1. The zero-order valence-electron chi connectivity index (χ0n) is 14.4. The van der Waals surface area contributed by atoms with Crippen molar-refractivity contribution in [3.8, 4) is 5.75 Å². The van der Waals surface area contributed by atoms with Crippen molar-refractivity contribution in [3.05, 3.63) is 76.5 Å². The standard InChI is InChI=1S/C19H17NO5S2/c1-24-19(21)18-17(11-12-26-18)27(22,23)20-15-7-9-16(10-8-15)25-13-14-5-3-2-4-6-14/h2-12,20H,13H2,1H3. The highest BCUT2D eigenvalue weighted by molar-refractivity contribution is 7.93. The van der Waals surface area contributed by atoms with Crippen molar-refractivity contribution in [2.24, 2.45) is 0 Å². The molecule has 0 saturated carbocycles. The molecule has 0 amide bonds. The maximum atomic E-state index is 12.6. The third-order valence-electron chi connectivity index (χ3n) is 3.64. The van der Waals surface area contributed by atoms with Gasteiger partial charge in [-0.2, -0.15) is 0 Å². The quantitative estimate of drug-likeness (QED) is 0.605. The zero-order valence-corrected chi connectivity index (χ0v) is 16.0. The van der Waals surface area contributed by atoms with Gasteiger partial charge in [-0.05, 0) is 41.3 Å². The first-order valence-corrected chi connectivity index (χ1v) is 10.3. The molecule has 1 N–H and O–H groups in total. The summed E-state index contributed by atoms with van der Waals surface area (Å²) in [6, 6.07) is 17.6. The van der Waals surface area contributed by atoms with Crippen LogP contribution in [0.15, 0.2) is 70.9 Å². The average molecular weight is 403 g/mol. The molecule has 0 atom stereocenters. The first kappa shape index (κ1) is 18.9. The van der Waals surface area contributed by atoms with E-state index in [0.29, 0.717) is 18.0 Å². The van der Waals surface area contributed by atoms with Crippen molar-refractivity contribution in [2.75, 3.05) is 11.8 Å². The molecule has 0 aliphatic carbocycles. The van der Waals surface area contributed by atoms with Crippen molar-refractivity contribution >= 4 is 33.0 Å². The Kier molecular flexibility index (Phi) is 5.78. The van der Waals surface area contributed by atoms with E-state index in [0.717, 1.165) is 16.9 Å². The minimum absolute atomic E-state index is 0.0350. The minimum Gasteiger partial charge on any atom is -0.489 e. The fraction of sp³-hybridized carbons (Fsp3) is 0.105. The number of hydrogen-bond donors (Lipinski definition) is 1. The topological polar surface area (TPSA) is 81.7 Å². The van der Waals surface area contributed by atoms with E-state index in [4.69, 9.17) is 4.74 Å². The number of rotatable bonds is 7. The van der Waals surface area contributed by atoms with Gasteiger partial charge < -0.3 is 9.47 Å². The Hall–Kier alpha value is -2.84. The van der Waals surface area contributed by atoms with E-state index in [2.05, 4.69) is 9.46 Å². The van der Waals surface area contributed by atoms with E-state index in [1.54, 1.807) is 24.3 Å². The van der Waals surface area contributed by atoms with E-state index < -0.39 is 16.0 Å². The molecule has 1 aromatic heterocycles. The van der Waals surface area contributed by atoms with Crippen LogP contribution in [0, 0.1) is 0 Å². The maximum Gasteiger partial charge on any atom is 0.349 e. The molecule has 0 unspecified atom stereocenters. The van der Waals surface area contributed by atoms with Gasteiger partial charge >= 0.3 is 5.97 Å². The van der Waals surface area contributed by atoms with Crippen molar-refractivity contribution in [1.29, 1.82) is 0 Å². The van der Waals surface area contributed by atoms with Gasteiger partial charge in [0.15, 0.2) is 0 Å².